The number of rotatable bonds is 9. The fraction of sp³-hybridized carbons (Fsp3) is 0.341. The van der Waals surface area contributed by atoms with Gasteiger partial charge >= 0.3 is 0 Å². The number of benzene rings is 3. The third kappa shape index (κ3) is 7.64. The molecule has 3 aromatic carbocycles. The van der Waals surface area contributed by atoms with Gasteiger partial charge in [0.15, 0.2) is 0 Å². The predicted molar refractivity (Wildman–Crippen MR) is 194 cm³/mol. The molecule has 0 radical (unpaired) electrons. The van der Waals surface area contributed by atoms with E-state index < -0.39 is 29.8 Å². The molecule has 0 saturated carbocycles. The van der Waals surface area contributed by atoms with Crippen LogP contribution in [0.5, 0.6) is 0 Å². The number of aromatic nitrogens is 3. The summed E-state index contributed by atoms with van der Waals surface area (Å²) < 4.78 is 57.3. The number of hydrogen-bond donors (Lipinski definition) is 2. The Kier molecular flexibility index (Phi) is 10.2. The Balaban J connectivity index is 1.04. The number of likely N-dealkylation sites (tertiary alicyclic amines) is 1. The summed E-state index contributed by atoms with van der Waals surface area (Å²) in [5.74, 6) is -1.41. The van der Waals surface area contributed by atoms with Crippen molar-refractivity contribution in [1.82, 2.24) is 25.2 Å². The van der Waals surface area contributed by atoms with Crippen LogP contribution in [0.4, 0.5) is 23.4 Å². The Hall–Kier alpha value is -5.23. The van der Waals surface area contributed by atoms with E-state index >= 15 is 4.39 Å². The van der Waals surface area contributed by atoms with Gasteiger partial charge in [0.2, 0.25) is 11.8 Å². The maximum Gasteiger partial charge on any atom is 0.266 e. The average Bonchev–Trinajstić information content (AvgIpc) is 3.12. The zero-order valence-electron chi connectivity index (χ0n) is 29.7. The van der Waals surface area contributed by atoms with Crippen LogP contribution in [0.25, 0.3) is 22.2 Å². The minimum absolute atomic E-state index is 0.0660. The van der Waals surface area contributed by atoms with Crippen LogP contribution in [0, 0.1) is 25.5 Å². The zero-order valence-corrected chi connectivity index (χ0v) is 29.7. The number of piperidine rings is 2. The fourth-order valence-electron chi connectivity index (χ4n) is 7.75. The van der Waals surface area contributed by atoms with Gasteiger partial charge in [-0.2, -0.15) is 0 Å². The van der Waals surface area contributed by atoms with Crippen molar-refractivity contribution in [3.05, 3.63) is 118 Å². The van der Waals surface area contributed by atoms with Gasteiger partial charge in [0.05, 0.1) is 34.9 Å². The topological polar surface area (TPSA) is 100 Å². The number of fused-ring (bicyclic) bond motifs is 1. The van der Waals surface area contributed by atoms with Crippen LogP contribution >= 0.6 is 0 Å². The highest BCUT2D eigenvalue weighted by Gasteiger charge is 2.31. The maximum absolute atomic E-state index is 15.6. The van der Waals surface area contributed by atoms with E-state index in [0.717, 1.165) is 48.7 Å². The molecule has 0 bridgehead atoms. The maximum atomic E-state index is 15.6. The van der Waals surface area contributed by atoms with Crippen LogP contribution < -0.4 is 10.6 Å². The number of carbonyl (C=O) groups is 2. The Bertz CT molecular complexity index is 2180. The first-order chi connectivity index (χ1) is 25.4. The highest BCUT2D eigenvalue weighted by molar-refractivity contribution is 6.01. The Morgan fingerprint density at radius 1 is 0.943 bits per heavy atom. The van der Waals surface area contributed by atoms with E-state index in [2.05, 4.69) is 42.6 Å². The zero-order chi connectivity index (χ0) is 37.4. The summed E-state index contributed by atoms with van der Waals surface area (Å²) >= 11 is 0. The molecule has 2 saturated heterocycles. The lowest BCUT2D eigenvalue weighted by Crippen LogP contribution is -2.39. The second-order valence-electron chi connectivity index (χ2n) is 14.1. The number of pyridine rings is 1. The molecule has 2 aliphatic heterocycles. The molecule has 53 heavy (non-hydrogen) atoms. The quantitative estimate of drug-likeness (QED) is 0.116. The van der Waals surface area contributed by atoms with Crippen LogP contribution in [0.15, 0.2) is 66.9 Å². The summed E-state index contributed by atoms with van der Waals surface area (Å²) in [5, 5.41) is 6.24. The van der Waals surface area contributed by atoms with Gasteiger partial charge in [-0.3, -0.25) is 24.8 Å². The first-order valence-electron chi connectivity index (χ1n) is 17.9. The first kappa shape index (κ1) is 36.1. The first-order valence-corrected chi connectivity index (χ1v) is 17.9. The molecule has 7 rings (SSSR count). The molecular formula is C41H40F4N6O2. The molecule has 2 fully saturated rings. The van der Waals surface area contributed by atoms with E-state index in [9.17, 15) is 22.8 Å². The molecule has 2 aliphatic rings. The summed E-state index contributed by atoms with van der Waals surface area (Å²) in [6, 6.07) is 16.7. The summed E-state index contributed by atoms with van der Waals surface area (Å²) in [5.41, 5.74) is 4.90. The largest absolute Gasteiger partial charge is 0.363 e. The van der Waals surface area contributed by atoms with Crippen molar-refractivity contribution < 1.29 is 27.2 Å². The number of aryl methyl sites for hydroxylation is 2. The third-order valence-electron chi connectivity index (χ3n) is 10.4. The SMILES string of the molecule is Cc1nc(N[C@H](C)c2cccc(C(F)F)c2F)c2cc(-c3cccc(CN4CCC(c5c(C)cc(C6CCC(=O)NC6=O)cc5F)CC4)c3)ncc2n1. The third-order valence-corrected chi connectivity index (χ3v) is 10.4. The Labute approximate surface area is 305 Å². The predicted octanol–water partition coefficient (Wildman–Crippen LogP) is 8.60. The summed E-state index contributed by atoms with van der Waals surface area (Å²) in [6.07, 6.45) is 0.974. The number of nitrogens with one attached hydrogen (secondary N) is 2. The summed E-state index contributed by atoms with van der Waals surface area (Å²) in [4.78, 5) is 40.1. The number of halogens is 4. The lowest BCUT2D eigenvalue weighted by Gasteiger charge is -2.33. The number of anilines is 1. The van der Waals surface area contributed by atoms with Gasteiger partial charge in [-0.05, 0) is 99.5 Å². The van der Waals surface area contributed by atoms with Crippen LogP contribution in [-0.4, -0.2) is 44.8 Å². The lowest BCUT2D eigenvalue weighted by atomic mass is 9.83. The fourth-order valence-corrected chi connectivity index (χ4v) is 7.75. The highest BCUT2D eigenvalue weighted by Crippen LogP contribution is 2.37. The number of amides is 2. The molecule has 2 atom stereocenters. The van der Waals surface area contributed by atoms with Gasteiger partial charge in [-0.15, -0.1) is 0 Å². The van der Waals surface area contributed by atoms with Crippen molar-refractivity contribution in [1.29, 1.82) is 0 Å². The number of imide groups is 1. The van der Waals surface area contributed by atoms with E-state index in [-0.39, 0.29) is 35.5 Å². The highest BCUT2D eigenvalue weighted by atomic mass is 19.3. The van der Waals surface area contributed by atoms with Gasteiger partial charge in [-0.25, -0.2) is 27.5 Å². The Morgan fingerprint density at radius 3 is 2.43 bits per heavy atom. The standard InChI is InChI=1S/C41H40F4N6O2/c1-22-16-28(30-10-11-36(52)50-41(30)53)18-33(42)37(22)26-12-14-51(15-13-26)21-25-6-4-7-27(17-25)34-19-32-35(20-46-34)48-24(3)49-40(32)47-23(2)29-8-5-9-31(38(29)43)39(44)45/h4-9,16-20,23,26,30,39H,10-15,21H2,1-3H3,(H,47,48,49)(H,50,52,53)/t23-,30?/m1/s1. The van der Waals surface area contributed by atoms with Gasteiger partial charge < -0.3 is 5.32 Å². The number of alkyl halides is 2. The second-order valence-corrected chi connectivity index (χ2v) is 14.1. The summed E-state index contributed by atoms with van der Waals surface area (Å²) in [6.45, 7) is 7.63. The molecule has 0 aliphatic carbocycles. The lowest BCUT2D eigenvalue weighted by molar-refractivity contribution is -0.134. The van der Waals surface area contributed by atoms with Gasteiger partial charge in [-0.1, -0.05) is 42.5 Å². The van der Waals surface area contributed by atoms with E-state index in [0.29, 0.717) is 52.3 Å². The second kappa shape index (κ2) is 15.0. The van der Waals surface area contributed by atoms with Crippen LogP contribution in [0.1, 0.15) is 96.1 Å². The molecule has 4 heterocycles. The van der Waals surface area contributed by atoms with Crippen molar-refractivity contribution in [2.75, 3.05) is 18.4 Å². The van der Waals surface area contributed by atoms with Crippen LogP contribution in [0.2, 0.25) is 0 Å². The minimum Gasteiger partial charge on any atom is -0.363 e. The van der Waals surface area contributed by atoms with E-state index in [1.807, 2.05) is 31.2 Å². The molecular weight excluding hydrogens is 684 g/mol. The molecule has 2 amide bonds. The van der Waals surface area contributed by atoms with Gasteiger partial charge in [0, 0.05) is 29.5 Å². The van der Waals surface area contributed by atoms with Crippen molar-refractivity contribution in [3.8, 4) is 11.3 Å². The van der Waals surface area contributed by atoms with Crippen molar-refractivity contribution in [2.45, 2.75) is 77.3 Å². The van der Waals surface area contributed by atoms with Crippen molar-refractivity contribution in [3.63, 3.8) is 0 Å². The monoisotopic (exact) mass is 724 g/mol. The number of carbonyl (C=O) groups excluding carboxylic acids is 2. The minimum atomic E-state index is -2.92. The molecule has 12 heteroatoms. The molecule has 8 nitrogen and oxygen atoms in total. The molecule has 2 N–H and O–H groups in total. The smallest absolute Gasteiger partial charge is 0.266 e. The van der Waals surface area contributed by atoms with E-state index in [4.69, 9.17) is 0 Å². The van der Waals surface area contributed by atoms with Gasteiger partial charge in [0.25, 0.3) is 6.43 Å². The van der Waals surface area contributed by atoms with Crippen molar-refractivity contribution in [2.24, 2.45) is 0 Å². The molecule has 1 unspecified atom stereocenters. The number of hydrogen-bond acceptors (Lipinski definition) is 7. The summed E-state index contributed by atoms with van der Waals surface area (Å²) in [7, 11) is 0. The average molecular weight is 725 g/mol. The normalized spacial score (nSPS) is 17.7. The molecule has 274 valence electrons. The Morgan fingerprint density at radius 2 is 1.70 bits per heavy atom. The van der Waals surface area contributed by atoms with E-state index in [1.54, 1.807) is 20.0 Å². The van der Waals surface area contributed by atoms with Crippen molar-refractivity contribution >= 4 is 28.5 Å². The molecule has 0 spiro atoms. The van der Waals surface area contributed by atoms with Gasteiger partial charge in [0.1, 0.15) is 23.3 Å². The number of nitrogens with zero attached hydrogens (tertiary/aromatic N) is 4. The van der Waals surface area contributed by atoms with Crippen LogP contribution in [0.3, 0.4) is 0 Å². The van der Waals surface area contributed by atoms with E-state index in [1.165, 1.54) is 18.2 Å². The molecule has 2 aromatic heterocycles. The molecule has 5 aromatic rings. The van der Waals surface area contributed by atoms with Crippen LogP contribution in [-0.2, 0) is 16.1 Å².